The minimum atomic E-state index is -0.366. The Morgan fingerprint density at radius 1 is 1.12 bits per heavy atom. The fraction of sp³-hybridized carbons (Fsp3) is 0.556. The summed E-state index contributed by atoms with van der Waals surface area (Å²) in [5, 5.41) is 6.04. The van der Waals surface area contributed by atoms with Gasteiger partial charge < -0.3 is 10.2 Å². The standard InChI is InChI=1S/C18H25ClN4O2/c19-14-4-3-7-16(12-14)23-10-8-22(9-11-23)13-17(24)21-18(25)20-15-5-1-2-6-15/h3-4,7,12,15H,1-2,5-6,8-11,13H2,(H2,20,21,24,25). The third-order valence-electron chi connectivity index (χ3n) is 4.86. The topological polar surface area (TPSA) is 64.7 Å². The fourth-order valence-electron chi connectivity index (χ4n) is 3.50. The molecule has 1 aromatic carbocycles. The Bertz CT molecular complexity index is 611. The molecule has 2 fully saturated rings. The van der Waals surface area contributed by atoms with E-state index in [9.17, 15) is 9.59 Å². The maximum absolute atomic E-state index is 12.0. The van der Waals surface area contributed by atoms with E-state index in [0.717, 1.165) is 62.6 Å². The number of piperazine rings is 1. The van der Waals surface area contributed by atoms with E-state index >= 15 is 0 Å². The molecule has 25 heavy (non-hydrogen) atoms. The molecule has 0 spiro atoms. The number of hydrogen-bond donors (Lipinski definition) is 2. The number of hydrogen-bond acceptors (Lipinski definition) is 4. The molecule has 0 bridgehead atoms. The van der Waals surface area contributed by atoms with Gasteiger partial charge in [0.15, 0.2) is 0 Å². The first-order valence-electron chi connectivity index (χ1n) is 8.93. The van der Waals surface area contributed by atoms with Gasteiger partial charge in [-0.15, -0.1) is 0 Å². The summed E-state index contributed by atoms with van der Waals surface area (Å²) in [5.74, 6) is -0.244. The number of carbonyl (C=O) groups excluding carboxylic acids is 2. The molecule has 7 heteroatoms. The van der Waals surface area contributed by atoms with Crippen LogP contribution in [0, 0.1) is 0 Å². The van der Waals surface area contributed by atoms with Crippen LogP contribution >= 0.6 is 11.6 Å². The van der Waals surface area contributed by atoms with Crippen molar-refractivity contribution in [3.63, 3.8) is 0 Å². The van der Waals surface area contributed by atoms with Crippen LogP contribution in [-0.4, -0.2) is 55.6 Å². The number of carbonyl (C=O) groups is 2. The molecule has 1 saturated carbocycles. The molecule has 0 unspecified atom stereocenters. The molecule has 0 aromatic heterocycles. The molecule has 6 nitrogen and oxygen atoms in total. The number of nitrogens with one attached hydrogen (secondary N) is 2. The summed E-state index contributed by atoms with van der Waals surface area (Å²) in [6.45, 7) is 3.49. The molecule has 1 aliphatic carbocycles. The minimum absolute atomic E-state index is 0.217. The Balaban J connectivity index is 1.39. The molecular weight excluding hydrogens is 340 g/mol. The zero-order valence-corrected chi connectivity index (χ0v) is 15.1. The van der Waals surface area contributed by atoms with Gasteiger partial charge in [-0.25, -0.2) is 4.79 Å². The average molecular weight is 365 g/mol. The van der Waals surface area contributed by atoms with Gasteiger partial charge >= 0.3 is 6.03 Å². The number of benzene rings is 1. The lowest BCUT2D eigenvalue weighted by Gasteiger charge is -2.35. The summed E-state index contributed by atoms with van der Waals surface area (Å²) < 4.78 is 0. The molecule has 136 valence electrons. The van der Waals surface area contributed by atoms with Gasteiger partial charge in [0, 0.05) is 42.9 Å². The van der Waals surface area contributed by atoms with Crippen molar-refractivity contribution >= 4 is 29.2 Å². The van der Waals surface area contributed by atoms with Crippen LogP contribution in [0.2, 0.25) is 5.02 Å². The Morgan fingerprint density at radius 3 is 2.52 bits per heavy atom. The van der Waals surface area contributed by atoms with Crippen LogP contribution in [0.25, 0.3) is 0 Å². The van der Waals surface area contributed by atoms with E-state index in [1.807, 2.05) is 24.3 Å². The highest BCUT2D eigenvalue weighted by Crippen LogP contribution is 2.20. The Labute approximate surface area is 153 Å². The molecule has 1 aromatic rings. The van der Waals surface area contributed by atoms with Crippen LogP contribution < -0.4 is 15.5 Å². The predicted octanol–water partition coefficient (Wildman–Crippen LogP) is 2.23. The summed E-state index contributed by atoms with van der Waals surface area (Å²) in [6, 6.07) is 7.66. The highest BCUT2D eigenvalue weighted by Gasteiger charge is 2.21. The van der Waals surface area contributed by atoms with Gasteiger partial charge in [-0.05, 0) is 31.0 Å². The molecule has 3 amide bonds. The van der Waals surface area contributed by atoms with Gasteiger partial charge in [0.25, 0.3) is 0 Å². The van der Waals surface area contributed by atoms with Gasteiger partial charge in [-0.2, -0.15) is 0 Å². The van der Waals surface area contributed by atoms with Gasteiger partial charge in [0.05, 0.1) is 6.54 Å². The molecule has 3 rings (SSSR count). The molecule has 1 heterocycles. The summed E-state index contributed by atoms with van der Waals surface area (Å²) in [6.07, 6.45) is 4.31. The number of amides is 3. The van der Waals surface area contributed by atoms with Gasteiger partial charge in [0.2, 0.25) is 5.91 Å². The van der Waals surface area contributed by atoms with Crippen molar-refractivity contribution < 1.29 is 9.59 Å². The molecule has 1 aliphatic heterocycles. The summed E-state index contributed by atoms with van der Waals surface area (Å²) in [5.41, 5.74) is 1.10. The third kappa shape index (κ3) is 5.34. The van der Waals surface area contributed by atoms with Gasteiger partial charge in [-0.1, -0.05) is 30.5 Å². The van der Waals surface area contributed by atoms with Crippen molar-refractivity contribution in [1.29, 1.82) is 0 Å². The SMILES string of the molecule is O=C(CN1CCN(c2cccc(Cl)c2)CC1)NC(=O)NC1CCCC1. The molecule has 0 radical (unpaired) electrons. The van der Waals surface area contributed by atoms with E-state index < -0.39 is 0 Å². The van der Waals surface area contributed by atoms with Crippen molar-refractivity contribution in [2.24, 2.45) is 0 Å². The Hall–Kier alpha value is -1.79. The van der Waals surface area contributed by atoms with E-state index in [2.05, 4.69) is 20.4 Å². The second kappa shape index (κ2) is 8.54. The molecule has 2 aliphatic rings. The summed E-state index contributed by atoms with van der Waals surface area (Å²) in [7, 11) is 0. The lowest BCUT2D eigenvalue weighted by molar-refractivity contribution is -0.121. The second-order valence-corrected chi connectivity index (χ2v) is 7.18. The number of rotatable bonds is 4. The number of anilines is 1. The highest BCUT2D eigenvalue weighted by molar-refractivity contribution is 6.30. The number of imide groups is 1. The fourth-order valence-corrected chi connectivity index (χ4v) is 3.68. The largest absolute Gasteiger partial charge is 0.369 e. The van der Waals surface area contributed by atoms with E-state index in [1.165, 1.54) is 0 Å². The van der Waals surface area contributed by atoms with Crippen LogP contribution in [0.15, 0.2) is 24.3 Å². The first-order valence-corrected chi connectivity index (χ1v) is 9.31. The summed E-state index contributed by atoms with van der Waals surface area (Å²) in [4.78, 5) is 28.2. The van der Waals surface area contributed by atoms with Crippen molar-refractivity contribution in [2.75, 3.05) is 37.6 Å². The quantitative estimate of drug-likeness (QED) is 0.860. The van der Waals surface area contributed by atoms with Crippen LogP contribution in [0.3, 0.4) is 0 Å². The highest BCUT2D eigenvalue weighted by atomic mass is 35.5. The molecule has 0 atom stereocenters. The zero-order chi connectivity index (χ0) is 17.6. The lowest BCUT2D eigenvalue weighted by atomic mass is 10.2. The second-order valence-electron chi connectivity index (χ2n) is 6.75. The molecule has 2 N–H and O–H groups in total. The lowest BCUT2D eigenvalue weighted by Crippen LogP contribution is -2.51. The van der Waals surface area contributed by atoms with Crippen LogP contribution in [0.5, 0.6) is 0 Å². The summed E-state index contributed by atoms with van der Waals surface area (Å²) >= 11 is 6.04. The molecule has 1 saturated heterocycles. The van der Waals surface area contributed by atoms with Crippen molar-refractivity contribution in [3.05, 3.63) is 29.3 Å². The Morgan fingerprint density at radius 2 is 1.84 bits per heavy atom. The molecular formula is C18H25ClN4O2. The van der Waals surface area contributed by atoms with E-state index in [4.69, 9.17) is 11.6 Å². The minimum Gasteiger partial charge on any atom is -0.369 e. The maximum Gasteiger partial charge on any atom is 0.321 e. The smallest absolute Gasteiger partial charge is 0.321 e. The van der Waals surface area contributed by atoms with Crippen molar-refractivity contribution in [1.82, 2.24) is 15.5 Å². The van der Waals surface area contributed by atoms with Crippen molar-refractivity contribution in [3.8, 4) is 0 Å². The van der Waals surface area contributed by atoms with E-state index in [0.29, 0.717) is 0 Å². The van der Waals surface area contributed by atoms with Crippen LogP contribution in [0.4, 0.5) is 10.5 Å². The van der Waals surface area contributed by atoms with E-state index in [-0.39, 0.29) is 24.5 Å². The van der Waals surface area contributed by atoms with Gasteiger partial charge in [0.1, 0.15) is 0 Å². The third-order valence-corrected chi connectivity index (χ3v) is 5.09. The van der Waals surface area contributed by atoms with Crippen LogP contribution in [-0.2, 0) is 4.79 Å². The maximum atomic E-state index is 12.0. The normalized spacial score (nSPS) is 19.0. The van der Waals surface area contributed by atoms with Crippen molar-refractivity contribution in [2.45, 2.75) is 31.7 Å². The number of urea groups is 1. The Kier molecular flexibility index (Phi) is 6.15. The van der Waals surface area contributed by atoms with Gasteiger partial charge in [-0.3, -0.25) is 15.0 Å². The van der Waals surface area contributed by atoms with E-state index in [1.54, 1.807) is 0 Å². The average Bonchev–Trinajstić information content (AvgIpc) is 3.08. The first kappa shape index (κ1) is 18.0. The zero-order valence-electron chi connectivity index (χ0n) is 14.3. The number of halogens is 1. The van der Waals surface area contributed by atoms with Crippen LogP contribution in [0.1, 0.15) is 25.7 Å². The predicted molar refractivity (Wildman–Crippen MR) is 99.0 cm³/mol. The first-order chi connectivity index (χ1) is 12.1. The number of nitrogens with zero attached hydrogens (tertiary/aromatic N) is 2. The monoisotopic (exact) mass is 364 g/mol.